The summed E-state index contributed by atoms with van der Waals surface area (Å²) >= 11 is 0. The number of carbonyl (C=O) groups is 1. The van der Waals surface area contributed by atoms with Crippen molar-refractivity contribution >= 4 is 15.9 Å². The van der Waals surface area contributed by atoms with Crippen LogP contribution >= 0.6 is 0 Å². The summed E-state index contributed by atoms with van der Waals surface area (Å²) in [6.07, 6.45) is -6.52. The van der Waals surface area contributed by atoms with E-state index < -0.39 is 46.0 Å². The second-order valence-electron chi connectivity index (χ2n) is 6.67. The first-order chi connectivity index (χ1) is 11.8. The Bertz CT molecular complexity index is 577. The van der Waals surface area contributed by atoms with Crippen LogP contribution in [0.3, 0.4) is 0 Å². The predicted octanol–water partition coefficient (Wildman–Crippen LogP) is 3.78. The summed E-state index contributed by atoms with van der Waals surface area (Å²) in [5, 5.41) is 0. The van der Waals surface area contributed by atoms with Crippen LogP contribution in [0.4, 0.5) is 26.7 Å². The van der Waals surface area contributed by atoms with E-state index in [4.69, 9.17) is 4.74 Å². The molecule has 154 valence electrons. The van der Waals surface area contributed by atoms with Crippen molar-refractivity contribution in [3.63, 3.8) is 0 Å². The smallest absolute Gasteiger partial charge is 0.447 e. The molecule has 1 fully saturated rings. The molecule has 11 heteroatoms. The molecule has 0 bridgehead atoms. The molecular weight excluding hydrogens is 385 g/mol. The number of amides is 1. The first-order valence-corrected chi connectivity index (χ1v) is 10.2. The first kappa shape index (κ1) is 22.9. The van der Waals surface area contributed by atoms with Gasteiger partial charge in [-0.1, -0.05) is 0 Å². The second kappa shape index (κ2) is 8.71. The van der Waals surface area contributed by atoms with Gasteiger partial charge in [0.1, 0.15) is 0 Å². The molecular formula is C15H24F5NO4S. The summed E-state index contributed by atoms with van der Waals surface area (Å²) in [6, 6.07) is -0.215. The molecule has 0 spiro atoms. The highest BCUT2D eigenvalue weighted by molar-refractivity contribution is 7.91. The van der Waals surface area contributed by atoms with Crippen LogP contribution in [0, 0.1) is 0 Å². The molecule has 26 heavy (non-hydrogen) atoms. The summed E-state index contributed by atoms with van der Waals surface area (Å²) in [7, 11) is -4.04. The van der Waals surface area contributed by atoms with Crippen molar-refractivity contribution in [3.8, 4) is 0 Å². The number of likely N-dealkylation sites (tertiary alicyclic amines) is 1. The number of hydrogen-bond donors (Lipinski definition) is 0. The number of alkyl halides is 5. The van der Waals surface area contributed by atoms with Crippen LogP contribution in [-0.2, 0) is 14.6 Å². The van der Waals surface area contributed by atoms with Gasteiger partial charge in [-0.25, -0.2) is 13.2 Å². The van der Waals surface area contributed by atoms with Crippen LogP contribution in [0.1, 0.15) is 46.0 Å². The van der Waals surface area contributed by atoms with Gasteiger partial charge in [-0.15, -0.1) is 0 Å². The first-order valence-electron chi connectivity index (χ1n) is 8.37. The van der Waals surface area contributed by atoms with E-state index in [1.54, 1.807) is 13.8 Å². The molecule has 1 amide bonds. The van der Waals surface area contributed by atoms with Crippen LogP contribution in [0.2, 0.25) is 0 Å². The largest absolute Gasteiger partial charge is 0.453 e. The fraction of sp³-hybridized carbons (Fsp3) is 0.933. The molecule has 0 aromatic heterocycles. The number of nitrogens with zero attached hydrogens (tertiary/aromatic N) is 1. The molecule has 1 rings (SSSR count). The quantitative estimate of drug-likeness (QED) is 0.573. The molecule has 5 nitrogen and oxygen atoms in total. The van der Waals surface area contributed by atoms with Crippen molar-refractivity contribution < 1.29 is 39.9 Å². The lowest BCUT2D eigenvalue weighted by molar-refractivity contribution is -0.282. The Balaban J connectivity index is 2.47. The van der Waals surface area contributed by atoms with Gasteiger partial charge in [0.2, 0.25) is 0 Å². The summed E-state index contributed by atoms with van der Waals surface area (Å²) in [5.41, 5.74) is 0. The number of hydrogen-bond acceptors (Lipinski definition) is 4. The zero-order valence-electron chi connectivity index (χ0n) is 14.7. The second-order valence-corrected chi connectivity index (χ2v) is 8.97. The summed E-state index contributed by atoms with van der Waals surface area (Å²) in [4.78, 5) is 13.4. The number of carbonyl (C=O) groups excluding carboxylic acids is 1. The zero-order valence-corrected chi connectivity index (χ0v) is 15.5. The minimum absolute atomic E-state index is 0.0794. The van der Waals surface area contributed by atoms with Gasteiger partial charge in [-0.2, -0.15) is 22.0 Å². The SMILES string of the molecule is CC(C)OC(=O)N1CCC[C@H]1CCCS(=O)(=O)CCC(F)(F)C(F)(F)F. The Morgan fingerprint density at radius 2 is 1.81 bits per heavy atom. The molecule has 1 heterocycles. The number of ether oxygens (including phenoxy) is 1. The standard InChI is InChI=1S/C15H24F5NO4S/c1-11(2)25-13(22)21-8-3-5-12(21)6-4-9-26(23,24)10-7-14(16,17)15(18,19)20/h11-12H,3-10H2,1-2H3/t12-/m0/s1. The Morgan fingerprint density at radius 1 is 1.19 bits per heavy atom. The van der Waals surface area contributed by atoms with E-state index in [1.807, 2.05) is 0 Å². The summed E-state index contributed by atoms with van der Waals surface area (Å²) in [5.74, 6) is -6.75. The molecule has 1 atom stereocenters. The normalized spacial score (nSPS) is 19.2. The van der Waals surface area contributed by atoms with Crippen molar-refractivity contribution in [2.24, 2.45) is 0 Å². The van der Waals surface area contributed by atoms with E-state index in [1.165, 1.54) is 4.90 Å². The zero-order chi connectivity index (χ0) is 20.2. The highest BCUT2D eigenvalue weighted by Gasteiger charge is 2.57. The maximum Gasteiger partial charge on any atom is 0.453 e. The van der Waals surface area contributed by atoms with Gasteiger partial charge in [0.25, 0.3) is 0 Å². The van der Waals surface area contributed by atoms with Gasteiger partial charge in [0, 0.05) is 19.0 Å². The molecule has 0 saturated carbocycles. The fourth-order valence-electron chi connectivity index (χ4n) is 2.71. The van der Waals surface area contributed by atoms with E-state index in [2.05, 4.69) is 0 Å². The number of sulfone groups is 1. The van der Waals surface area contributed by atoms with Gasteiger partial charge >= 0.3 is 18.2 Å². The van der Waals surface area contributed by atoms with Crippen molar-refractivity contribution in [2.75, 3.05) is 18.1 Å². The van der Waals surface area contributed by atoms with Crippen LogP contribution in [0.5, 0.6) is 0 Å². The monoisotopic (exact) mass is 409 g/mol. The predicted molar refractivity (Wildman–Crippen MR) is 84.9 cm³/mol. The minimum atomic E-state index is -5.76. The van der Waals surface area contributed by atoms with E-state index in [0.717, 1.165) is 6.42 Å². The minimum Gasteiger partial charge on any atom is -0.447 e. The fourth-order valence-corrected chi connectivity index (χ4v) is 4.09. The van der Waals surface area contributed by atoms with Crippen LogP contribution in [0.25, 0.3) is 0 Å². The van der Waals surface area contributed by atoms with E-state index in [0.29, 0.717) is 19.4 Å². The van der Waals surface area contributed by atoms with E-state index >= 15 is 0 Å². The molecule has 1 aliphatic heterocycles. The van der Waals surface area contributed by atoms with Crippen molar-refractivity contribution in [2.45, 2.75) is 70.2 Å². The lowest BCUT2D eigenvalue weighted by Crippen LogP contribution is -2.38. The lowest BCUT2D eigenvalue weighted by Gasteiger charge is -2.25. The molecule has 0 N–H and O–H groups in total. The average molecular weight is 409 g/mol. The van der Waals surface area contributed by atoms with E-state index in [9.17, 15) is 35.2 Å². The van der Waals surface area contributed by atoms with Crippen LogP contribution in [0.15, 0.2) is 0 Å². The highest BCUT2D eigenvalue weighted by atomic mass is 32.2. The lowest BCUT2D eigenvalue weighted by atomic mass is 10.1. The molecule has 0 aromatic rings. The molecule has 1 saturated heterocycles. The van der Waals surface area contributed by atoms with Crippen LogP contribution < -0.4 is 0 Å². The van der Waals surface area contributed by atoms with Gasteiger partial charge in [-0.05, 0) is 39.5 Å². The summed E-state index contributed by atoms with van der Waals surface area (Å²) < 4.78 is 90.5. The molecule has 0 unspecified atom stereocenters. The number of halogens is 5. The summed E-state index contributed by atoms with van der Waals surface area (Å²) in [6.45, 7) is 3.89. The van der Waals surface area contributed by atoms with E-state index in [-0.39, 0.29) is 18.6 Å². The van der Waals surface area contributed by atoms with Gasteiger partial charge in [0.15, 0.2) is 9.84 Å². The molecule has 0 aliphatic carbocycles. The highest BCUT2D eigenvalue weighted by Crippen LogP contribution is 2.38. The van der Waals surface area contributed by atoms with Crippen LogP contribution in [-0.4, -0.2) is 61.7 Å². The van der Waals surface area contributed by atoms with Gasteiger partial charge in [-0.3, -0.25) is 0 Å². The Hall–Kier alpha value is -1.13. The van der Waals surface area contributed by atoms with Crippen molar-refractivity contribution in [1.82, 2.24) is 4.90 Å². The third kappa shape index (κ3) is 6.88. The number of rotatable bonds is 8. The third-order valence-electron chi connectivity index (χ3n) is 4.08. The van der Waals surface area contributed by atoms with Crippen molar-refractivity contribution in [1.29, 1.82) is 0 Å². The topological polar surface area (TPSA) is 63.7 Å². The third-order valence-corrected chi connectivity index (χ3v) is 5.82. The Kier molecular flexibility index (Phi) is 7.67. The van der Waals surface area contributed by atoms with Crippen molar-refractivity contribution in [3.05, 3.63) is 0 Å². The average Bonchev–Trinajstić information content (AvgIpc) is 2.92. The molecule has 1 aliphatic rings. The van der Waals surface area contributed by atoms with Gasteiger partial charge in [0.05, 0.1) is 17.6 Å². The maximum absolute atomic E-state index is 12.8. The Labute approximate surface area is 149 Å². The molecule has 0 aromatic carbocycles. The maximum atomic E-state index is 12.8. The molecule has 0 radical (unpaired) electrons. The Morgan fingerprint density at radius 3 is 2.35 bits per heavy atom. The van der Waals surface area contributed by atoms with Gasteiger partial charge < -0.3 is 9.64 Å².